The molecule has 5 rings (SSSR count). The normalized spacial score (nSPS) is 18.9. The zero-order valence-electron chi connectivity index (χ0n) is 21.8. The van der Waals surface area contributed by atoms with Crippen LogP contribution in [-0.4, -0.2) is 70.4 Å². The number of carbonyl (C=O) groups excluding carboxylic acids is 3. The van der Waals surface area contributed by atoms with E-state index in [4.69, 9.17) is 21.3 Å². The number of thioether (sulfide) groups is 1. The van der Waals surface area contributed by atoms with E-state index in [1.165, 1.54) is 11.8 Å². The highest BCUT2D eigenvalue weighted by molar-refractivity contribution is 8.16. The maximum Gasteiger partial charge on any atom is 0.338 e. The molecule has 0 aromatic heterocycles. The minimum absolute atomic E-state index is 0.0180. The zero-order chi connectivity index (χ0) is 27.5. The van der Waals surface area contributed by atoms with E-state index in [-0.39, 0.29) is 24.8 Å². The smallest absolute Gasteiger partial charge is 0.338 e. The maximum absolute atomic E-state index is 13.5. The summed E-state index contributed by atoms with van der Waals surface area (Å²) in [7, 11) is 0. The van der Waals surface area contributed by atoms with Gasteiger partial charge >= 0.3 is 5.97 Å². The van der Waals surface area contributed by atoms with Gasteiger partial charge in [-0.3, -0.25) is 9.59 Å². The van der Waals surface area contributed by atoms with Gasteiger partial charge in [0.1, 0.15) is 0 Å². The molecule has 0 saturated carbocycles. The van der Waals surface area contributed by atoms with Crippen LogP contribution < -0.4 is 0 Å². The summed E-state index contributed by atoms with van der Waals surface area (Å²) in [5.74, 6) is -0.469. The van der Waals surface area contributed by atoms with Crippen LogP contribution in [0.15, 0.2) is 76.3 Å². The number of benzene rings is 2. The Morgan fingerprint density at radius 3 is 2.31 bits per heavy atom. The first-order chi connectivity index (χ1) is 18.9. The van der Waals surface area contributed by atoms with Crippen LogP contribution in [0, 0.1) is 0 Å². The van der Waals surface area contributed by atoms with Crippen LogP contribution in [0.25, 0.3) is 5.70 Å². The number of nitrogens with zero attached hydrogens (tertiary/aromatic N) is 4. The first-order valence-electron chi connectivity index (χ1n) is 12.9. The number of ether oxygens (including phenoxy) is 1. The number of hydrogen-bond donors (Lipinski definition) is 0. The number of carbonyl (C=O) groups is 3. The number of aliphatic imine (C=N–C) groups is 1. The standard InChI is InChI=1S/C29H29ClN4O4S/c1-3-38-28(37)25-26(20-7-5-4-6-8-20)31-29-34(27(25)21-9-11-22(30)12-10-21)23(18-39-29)17-24(36)33-15-13-32(14-16-33)19(2)35/h4-12,18,27H,3,13-17H2,1-2H3/t27-/m0/s1. The van der Waals surface area contributed by atoms with E-state index in [1.54, 1.807) is 35.8 Å². The topological polar surface area (TPSA) is 82.5 Å². The van der Waals surface area contributed by atoms with Crippen molar-refractivity contribution in [2.24, 2.45) is 4.99 Å². The van der Waals surface area contributed by atoms with Crippen LogP contribution in [-0.2, 0) is 19.1 Å². The summed E-state index contributed by atoms with van der Waals surface area (Å²) in [6.07, 6.45) is 0.146. The van der Waals surface area contributed by atoms with Gasteiger partial charge in [-0.25, -0.2) is 9.79 Å². The summed E-state index contributed by atoms with van der Waals surface area (Å²) in [5, 5.41) is 3.20. The molecule has 0 unspecified atom stereocenters. The number of amides is 2. The van der Waals surface area contributed by atoms with Crippen molar-refractivity contribution in [3.05, 3.63) is 87.4 Å². The zero-order valence-corrected chi connectivity index (χ0v) is 23.4. The van der Waals surface area contributed by atoms with Crippen molar-refractivity contribution >= 4 is 52.0 Å². The second kappa shape index (κ2) is 11.7. The molecule has 1 fully saturated rings. The van der Waals surface area contributed by atoms with Gasteiger partial charge in [-0.05, 0) is 30.0 Å². The fourth-order valence-electron chi connectivity index (χ4n) is 4.99. The molecule has 2 aromatic carbocycles. The molecule has 0 radical (unpaired) electrons. The molecule has 8 nitrogen and oxygen atoms in total. The molecule has 1 atom stereocenters. The number of fused-ring (bicyclic) bond motifs is 1. The Hall–Kier alpha value is -3.56. The van der Waals surface area contributed by atoms with Gasteiger partial charge in [0.25, 0.3) is 0 Å². The Morgan fingerprint density at radius 1 is 1.00 bits per heavy atom. The highest BCUT2D eigenvalue weighted by Crippen LogP contribution is 2.47. The predicted octanol–water partition coefficient (Wildman–Crippen LogP) is 4.70. The first kappa shape index (κ1) is 27.0. The number of halogens is 1. The monoisotopic (exact) mass is 564 g/mol. The van der Waals surface area contributed by atoms with Crippen LogP contribution in [0.4, 0.5) is 0 Å². The molecule has 0 bridgehead atoms. The molecule has 10 heteroatoms. The number of piperazine rings is 1. The van der Waals surface area contributed by atoms with Gasteiger partial charge in [-0.2, -0.15) is 0 Å². The predicted molar refractivity (Wildman–Crippen MR) is 153 cm³/mol. The van der Waals surface area contributed by atoms with E-state index < -0.39 is 12.0 Å². The van der Waals surface area contributed by atoms with Crippen LogP contribution >= 0.6 is 23.4 Å². The Bertz CT molecular complexity index is 1370. The van der Waals surface area contributed by atoms with Crippen LogP contribution in [0.1, 0.15) is 37.4 Å². The van der Waals surface area contributed by atoms with Crippen molar-refractivity contribution in [3.8, 4) is 0 Å². The largest absolute Gasteiger partial charge is 0.463 e. The maximum atomic E-state index is 13.5. The Kier molecular flexibility index (Phi) is 8.09. The molecular formula is C29H29ClN4O4S. The lowest BCUT2D eigenvalue weighted by atomic mass is 9.91. The highest BCUT2D eigenvalue weighted by atomic mass is 35.5. The van der Waals surface area contributed by atoms with E-state index >= 15 is 0 Å². The second-order valence-electron chi connectivity index (χ2n) is 9.36. The summed E-state index contributed by atoms with van der Waals surface area (Å²) >= 11 is 7.65. The molecule has 3 aliphatic rings. The Morgan fingerprint density at radius 2 is 1.67 bits per heavy atom. The van der Waals surface area contributed by atoms with E-state index in [2.05, 4.69) is 0 Å². The quantitative estimate of drug-likeness (QED) is 0.473. The summed E-state index contributed by atoms with van der Waals surface area (Å²) < 4.78 is 5.55. The van der Waals surface area contributed by atoms with Crippen molar-refractivity contribution in [1.82, 2.24) is 14.7 Å². The average molecular weight is 565 g/mol. The van der Waals surface area contributed by atoms with Crippen LogP contribution in [0.3, 0.4) is 0 Å². The van der Waals surface area contributed by atoms with Gasteiger partial charge in [0.05, 0.1) is 30.3 Å². The summed E-state index contributed by atoms with van der Waals surface area (Å²) in [6.45, 7) is 5.57. The highest BCUT2D eigenvalue weighted by Gasteiger charge is 2.42. The van der Waals surface area contributed by atoms with Crippen LogP contribution in [0.5, 0.6) is 0 Å². The summed E-state index contributed by atoms with van der Waals surface area (Å²) in [5.41, 5.74) is 3.35. The third kappa shape index (κ3) is 5.60. The first-order valence-corrected chi connectivity index (χ1v) is 14.1. The summed E-state index contributed by atoms with van der Waals surface area (Å²) in [4.78, 5) is 49.1. The minimum Gasteiger partial charge on any atom is -0.463 e. The molecule has 0 aliphatic carbocycles. The molecule has 2 aromatic rings. The molecule has 3 aliphatic heterocycles. The number of rotatable bonds is 6. The molecule has 39 heavy (non-hydrogen) atoms. The second-order valence-corrected chi connectivity index (χ2v) is 10.6. The fraction of sp³-hybridized carbons (Fsp3) is 0.310. The van der Waals surface area contributed by atoms with Gasteiger partial charge in [0.15, 0.2) is 5.17 Å². The van der Waals surface area contributed by atoms with Gasteiger partial charge < -0.3 is 19.4 Å². The Balaban J connectivity index is 1.52. The van der Waals surface area contributed by atoms with E-state index in [9.17, 15) is 14.4 Å². The van der Waals surface area contributed by atoms with E-state index in [0.29, 0.717) is 47.6 Å². The molecule has 0 spiro atoms. The van der Waals surface area contributed by atoms with Crippen molar-refractivity contribution in [2.75, 3.05) is 32.8 Å². The number of esters is 1. The lowest BCUT2D eigenvalue weighted by molar-refractivity contribution is -0.139. The van der Waals surface area contributed by atoms with Crippen molar-refractivity contribution < 1.29 is 19.1 Å². The van der Waals surface area contributed by atoms with Gasteiger partial charge in [0.2, 0.25) is 11.8 Å². The van der Waals surface area contributed by atoms with Crippen molar-refractivity contribution in [1.29, 1.82) is 0 Å². The molecule has 1 saturated heterocycles. The molecule has 3 heterocycles. The lowest BCUT2D eigenvalue weighted by Crippen LogP contribution is -2.50. The number of amidine groups is 1. The Labute approximate surface area is 236 Å². The summed E-state index contributed by atoms with van der Waals surface area (Å²) in [6, 6.07) is 16.4. The average Bonchev–Trinajstić information content (AvgIpc) is 3.35. The van der Waals surface area contributed by atoms with Gasteiger partial charge in [-0.1, -0.05) is 65.8 Å². The third-order valence-corrected chi connectivity index (χ3v) is 8.09. The molecule has 2 amide bonds. The number of hydrogen-bond acceptors (Lipinski definition) is 7. The van der Waals surface area contributed by atoms with E-state index in [1.807, 2.05) is 52.8 Å². The van der Waals surface area contributed by atoms with Crippen LogP contribution in [0.2, 0.25) is 5.02 Å². The van der Waals surface area contributed by atoms with Gasteiger partial charge in [-0.15, -0.1) is 0 Å². The van der Waals surface area contributed by atoms with Crippen molar-refractivity contribution in [3.63, 3.8) is 0 Å². The van der Waals surface area contributed by atoms with E-state index in [0.717, 1.165) is 16.8 Å². The SMILES string of the molecule is CCOC(=O)C1=C(c2ccccc2)N=C2SC=C(CC(=O)N3CCN(C(C)=O)CC3)N2[C@H]1c1ccc(Cl)cc1. The van der Waals surface area contributed by atoms with Gasteiger partial charge in [0, 0.05) is 49.4 Å². The molecular weight excluding hydrogens is 536 g/mol. The fourth-order valence-corrected chi connectivity index (χ4v) is 6.03. The minimum atomic E-state index is -0.562. The lowest BCUT2D eigenvalue weighted by Gasteiger charge is -2.38. The molecule has 202 valence electrons. The third-order valence-electron chi connectivity index (χ3n) is 6.95. The molecule has 0 N–H and O–H groups in total. The van der Waals surface area contributed by atoms with Crippen molar-refractivity contribution in [2.45, 2.75) is 26.3 Å².